The second kappa shape index (κ2) is 7.04. The summed E-state index contributed by atoms with van der Waals surface area (Å²) in [6.07, 6.45) is 1.03. The molecule has 1 N–H and O–H groups in total. The van der Waals surface area contributed by atoms with Gasteiger partial charge in [-0.05, 0) is 31.0 Å². The molecule has 2 aromatic carbocycles. The highest BCUT2D eigenvalue weighted by Crippen LogP contribution is 2.32. The van der Waals surface area contributed by atoms with E-state index in [2.05, 4.69) is 45.5 Å². The fourth-order valence-corrected chi connectivity index (χ4v) is 3.34. The standard InChI is InChI=1S/C21H22N4O/c1-15-13-20(22-14-17-8-4-6-10-19(17)26-2)24-21(23-15)25-12-11-16-7-3-5-9-18(16)25/h3-10,13H,11-12,14H2,1-2H3,(H,22,23,24). The first kappa shape index (κ1) is 16.4. The Morgan fingerprint density at radius 1 is 1.08 bits per heavy atom. The molecule has 0 saturated heterocycles. The van der Waals surface area contributed by atoms with Crippen LogP contribution in [0.1, 0.15) is 16.8 Å². The van der Waals surface area contributed by atoms with E-state index in [1.54, 1.807) is 7.11 Å². The van der Waals surface area contributed by atoms with Crippen LogP contribution in [0.15, 0.2) is 54.6 Å². The average molecular weight is 346 g/mol. The first-order chi connectivity index (χ1) is 12.7. The molecular formula is C21H22N4O. The van der Waals surface area contributed by atoms with Crippen molar-refractivity contribution in [2.75, 3.05) is 23.9 Å². The minimum atomic E-state index is 0.649. The fraction of sp³-hybridized carbons (Fsp3) is 0.238. The lowest BCUT2D eigenvalue weighted by molar-refractivity contribution is 0.410. The van der Waals surface area contributed by atoms with Gasteiger partial charge in [0.05, 0.1) is 7.11 Å². The molecule has 1 aliphatic rings. The number of hydrogen-bond donors (Lipinski definition) is 1. The summed E-state index contributed by atoms with van der Waals surface area (Å²) < 4.78 is 5.42. The monoisotopic (exact) mass is 346 g/mol. The van der Waals surface area contributed by atoms with Gasteiger partial charge in [-0.1, -0.05) is 36.4 Å². The van der Waals surface area contributed by atoms with E-state index in [0.29, 0.717) is 6.54 Å². The van der Waals surface area contributed by atoms with E-state index in [0.717, 1.165) is 41.7 Å². The zero-order valence-electron chi connectivity index (χ0n) is 15.1. The molecule has 2 heterocycles. The Balaban J connectivity index is 1.57. The van der Waals surface area contributed by atoms with Crippen LogP contribution in [0, 0.1) is 6.92 Å². The van der Waals surface area contributed by atoms with E-state index in [4.69, 9.17) is 9.72 Å². The van der Waals surface area contributed by atoms with Crippen LogP contribution in [0.5, 0.6) is 5.75 Å². The first-order valence-corrected chi connectivity index (χ1v) is 8.81. The van der Waals surface area contributed by atoms with Gasteiger partial charge in [-0.3, -0.25) is 0 Å². The first-order valence-electron chi connectivity index (χ1n) is 8.81. The van der Waals surface area contributed by atoms with Crippen molar-refractivity contribution < 1.29 is 4.74 Å². The number of aryl methyl sites for hydroxylation is 1. The summed E-state index contributed by atoms with van der Waals surface area (Å²) in [7, 11) is 1.69. The molecule has 0 aliphatic carbocycles. The molecule has 0 atom stereocenters. The smallest absolute Gasteiger partial charge is 0.232 e. The number of fused-ring (bicyclic) bond motifs is 1. The molecule has 1 aromatic heterocycles. The van der Waals surface area contributed by atoms with Crippen molar-refractivity contribution in [2.24, 2.45) is 0 Å². The van der Waals surface area contributed by atoms with Gasteiger partial charge in [0.1, 0.15) is 11.6 Å². The molecule has 1 aliphatic heterocycles. The second-order valence-electron chi connectivity index (χ2n) is 6.39. The van der Waals surface area contributed by atoms with Crippen LogP contribution >= 0.6 is 0 Å². The molecule has 0 unspecified atom stereocenters. The molecule has 0 amide bonds. The third-order valence-electron chi connectivity index (χ3n) is 4.62. The van der Waals surface area contributed by atoms with Crippen molar-refractivity contribution in [1.29, 1.82) is 0 Å². The molecule has 0 spiro atoms. The summed E-state index contributed by atoms with van der Waals surface area (Å²) >= 11 is 0. The van der Waals surface area contributed by atoms with Crippen LogP contribution < -0.4 is 15.0 Å². The molecule has 0 fully saturated rings. The third-order valence-corrected chi connectivity index (χ3v) is 4.62. The molecule has 0 bridgehead atoms. The number of para-hydroxylation sites is 2. The number of nitrogens with zero attached hydrogens (tertiary/aromatic N) is 3. The number of aromatic nitrogens is 2. The predicted molar refractivity (Wildman–Crippen MR) is 104 cm³/mol. The molecule has 5 heteroatoms. The Kier molecular flexibility index (Phi) is 4.44. The van der Waals surface area contributed by atoms with Crippen LogP contribution in [-0.2, 0) is 13.0 Å². The van der Waals surface area contributed by atoms with Crippen LogP contribution in [0.25, 0.3) is 0 Å². The number of benzene rings is 2. The maximum Gasteiger partial charge on any atom is 0.232 e. The lowest BCUT2D eigenvalue weighted by Gasteiger charge is -2.19. The summed E-state index contributed by atoms with van der Waals surface area (Å²) in [6, 6.07) is 18.4. The van der Waals surface area contributed by atoms with Crippen LogP contribution in [0.2, 0.25) is 0 Å². The number of ether oxygens (including phenoxy) is 1. The van der Waals surface area contributed by atoms with Gasteiger partial charge in [0.25, 0.3) is 0 Å². The van der Waals surface area contributed by atoms with Gasteiger partial charge >= 0.3 is 0 Å². The highest BCUT2D eigenvalue weighted by atomic mass is 16.5. The van der Waals surface area contributed by atoms with Gasteiger partial charge in [-0.2, -0.15) is 4.98 Å². The number of methoxy groups -OCH3 is 1. The second-order valence-corrected chi connectivity index (χ2v) is 6.39. The third kappa shape index (κ3) is 3.20. The van der Waals surface area contributed by atoms with Crippen molar-refractivity contribution >= 4 is 17.5 Å². The van der Waals surface area contributed by atoms with Crippen LogP contribution in [-0.4, -0.2) is 23.6 Å². The summed E-state index contributed by atoms with van der Waals surface area (Å²) in [4.78, 5) is 11.6. The Morgan fingerprint density at radius 2 is 1.88 bits per heavy atom. The summed E-state index contributed by atoms with van der Waals surface area (Å²) in [5.41, 5.74) is 4.59. The Labute approximate surface area is 153 Å². The normalized spacial score (nSPS) is 12.8. The summed E-state index contributed by atoms with van der Waals surface area (Å²) in [5, 5.41) is 3.41. The van der Waals surface area contributed by atoms with Gasteiger partial charge in [0.2, 0.25) is 5.95 Å². The SMILES string of the molecule is COc1ccccc1CNc1cc(C)nc(N2CCc3ccccc32)n1. The Morgan fingerprint density at radius 3 is 2.77 bits per heavy atom. The lowest BCUT2D eigenvalue weighted by Crippen LogP contribution is -2.17. The highest BCUT2D eigenvalue weighted by molar-refractivity contribution is 5.66. The van der Waals surface area contributed by atoms with Crippen molar-refractivity contribution in [3.05, 3.63) is 71.4 Å². The van der Waals surface area contributed by atoms with Gasteiger partial charge in [0, 0.05) is 36.1 Å². The Hall–Kier alpha value is -3.08. The molecule has 5 nitrogen and oxygen atoms in total. The minimum absolute atomic E-state index is 0.649. The number of anilines is 3. The summed E-state index contributed by atoms with van der Waals surface area (Å²) in [6.45, 7) is 3.56. The molecule has 0 radical (unpaired) electrons. The number of nitrogens with one attached hydrogen (secondary N) is 1. The minimum Gasteiger partial charge on any atom is -0.496 e. The maximum absolute atomic E-state index is 5.42. The molecule has 26 heavy (non-hydrogen) atoms. The van der Waals surface area contributed by atoms with Gasteiger partial charge < -0.3 is 15.0 Å². The van der Waals surface area contributed by atoms with Gasteiger partial charge in [-0.15, -0.1) is 0 Å². The van der Waals surface area contributed by atoms with Gasteiger partial charge in [-0.25, -0.2) is 4.98 Å². The highest BCUT2D eigenvalue weighted by Gasteiger charge is 2.22. The van der Waals surface area contributed by atoms with Crippen LogP contribution in [0.3, 0.4) is 0 Å². The topological polar surface area (TPSA) is 50.3 Å². The van der Waals surface area contributed by atoms with E-state index in [9.17, 15) is 0 Å². The number of rotatable bonds is 5. The van der Waals surface area contributed by atoms with E-state index < -0.39 is 0 Å². The molecule has 3 aromatic rings. The van der Waals surface area contributed by atoms with Crippen molar-refractivity contribution in [2.45, 2.75) is 19.9 Å². The average Bonchev–Trinajstić information content (AvgIpc) is 3.10. The van der Waals surface area contributed by atoms with Gasteiger partial charge in [0.15, 0.2) is 0 Å². The largest absolute Gasteiger partial charge is 0.496 e. The van der Waals surface area contributed by atoms with Crippen LogP contribution in [0.4, 0.5) is 17.5 Å². The Bertz CT molecular complexity index is 925. The fourth-order valence-electron chi connectivity index (χ4n) is 3.34. The maximum atomic E-state index is 5.42. The lowest BCUT2D eigenvalue weighted by atomic mass is 10.2. The van der Waals surface area contributed by atoms with E-state index in [1.165, 1.54) is 11.3 Å². The van der Waals surface area contributed by atoms with Crippen molar-refractivity contribution in [3.8, 4) is 5.75 Å². The number of hydrogen-bond acceptors (Lipinski definition) is 5. The van der Waals surface area contributed by atoms with E-state index in [1.807, 2.05) is 31.2 Å². The summed E-state index contributed by atoms with van der Waals surface area (Å²) in [5.74, 6) is 2.44. The van der Waals surface area contributed by atoms with E-state index in [-0.39, 0.29) is 0 Å². The van der Waals surface area contributed by atoms with Crippen molar-refractivity contribution in [3.63, 3.8) is 0 Å². The zero-order chi connectivity index (χ0) is 17.9. The van der Waals surface area contributed by atoms with E-state index >= 15 is 0 Å². The predicted octanol–water partition coefficient (Wildman–Crippen LogP) is 4.10. The molecule has 132 valence electrons. The molecule has 0 saturated carbocycles. The van der Waals surface area contributed by atoms with Crippen molar-refractivity contribution in [1.82, 2.24) is 9.97 Å². The molecule has 4 rings (SSSR count). The zero-order valence-corrected chi connectivity index (χ0v) is 15.1. The molecular weight excluding hydrogens is 324 g/mol. The quantitative estimate of drug-likeness (QED) is 0.754.